The summed E-state index contributed by atoms with van der Waals surface area (Å²) in [6.45, 7) is 3.77. The van der Waals surface area contributed by atoms with Crippen LogP contribution in [0.5, 0.6) is 0 Å². The van der Waals surface area contributed by atoms with Crippen molar-refractivity contribution in [1.29, 1.82) is 0 Å². The molecule has 2 atom stereocenters. The first kappa shape index (κ1) is 26.1. The molecule has 2 fully saturated rings. The van der Waals surface area contributed by atoms with Gasteiger partial charge in [-0.2, -0.15) is 0 Å². The molecule has 1 aromatic heterocycles. The van der Waals surface area contributed by atoms with Gasteiger partial charge in [-0.05, 0) is 92.7 Å². The summed E-state index contributed by atoms with van der Waals surface area (Å²) in [5, 5.41) is 13.5. The second-order valence-corrected chi connectivity index (χ2v) is 10.6. The Morgan fingerprint density at radius 2 is 2.11 bits per heavy atom. The van der Waals surface area contributed by atoms with Gasteiger partial charge >= 0.3 is 5.97 Å². The average molecular weight is 512 g/mol. The highest BCUT2D eigenvalue weighted by atomic mass is 19.1. The molecule has 7 nitrogen and oxygen atoms in total. The molecule has 0 bridgehead atoms. The largest absolute Gasteiger partial charge is 0.480 e. The van der Waals surface area contributed by atoms with Crippen LogP contribution in [-0.4, -0.2) is 59.9 Å². The number of ether oxygens (including phenoxy) is 2. The molecule has 37 heavy (non-hydrogen) atoms. The highest BCUT2D eigenvalue weighted by Gasteiger charge is 2.35. The minimum Gasteiger partial charge on any atom is -0.480 e. The van der Waals surface area contributed by atoms with Crippen LogP contribution in [0.2, 0.25) is 0 Å². The summed E-state index contributed by atoms with van der Waals surface area (Å²) >= 11 is 0. The molecule has 1 saturated carbocycles. The van der Waals surface area contributed by atoms with Crippen LogP contribution in [0.3, 0.4) is 0 Å². The lowest BCUT2D eigenvalue weighted by atomic mass is 9.99. The van der Waals surface area contributed by atoms with Gasteiger partial charge in [-0.3, -0.25) is 14.7 Å². The number of benzene rings is 1. The molecule has 5 rings (SSSR count). The molecule has 1 unspecified atom stereocenters. The predicted octanol–water partition coefficient (Wildman–Crippen LogP) is 4.74. The van der Waals surface area contributed by atoms with Crippen molar-refractivity contribution in [2.24, 2.45) is 5.92 Å². The summed E-state index contributed by atoms with van der Waals surface area (Å²) in [6, 6.07) is 7.73. The molecular weight excluding hydrogens is 473 g/mol. The normalized spacial score (nSPS) is 20.4. The Labute approximate surface area is 218 Å². The number of aryl methyl sites for hydroxylation is 2. The average Bonchev–Trinajstić information content (AvgIpc) is 3.61. The highest BCUT2D eigenvalue weighted by molar-refractivity contribution is 5.76. The van der Waals surface area contributed by atoms with Crippen molar-refractivity contribution in [3.63, 3.8) is 0 Å². The SMILES string of the molecule is O=C(O)C(c1cc(F)ccc1COCC1CC1)N1CC[C@@H](OCCCCc2ccc3c(n2)CCCN3)C1. The van der Waals surface area contributed by atoms with Gasteiger partial charge < -0.3 is 19.9 Å². The van der Waals surface area contributed by atoms with Crippen molar-refractivity contribution in [1.82, 2.24) is 9.88 Å². The number of hydrogen-bond donors (Lipinski definition) is 2. The number of nitrogens with zero attached hydrogens (tertiary/aromatic N) is 2. The number of carboxylic acids is 1. The quantitative estimate of drug-likeness (QED) is 0.376. The van der Waals surface area contributed by atoms with Crippen LogP contribution in [0.4, 0.5) is 10.1 Å². The van der Waals surface area contributed by atoms with Gasteiger partial charge in [0.2, 0.25) is 0 Å². The molecule has 8 heteroatoms. The molecule has 1 aliphatic carbocycles. The van der Waals surface area contributed by atoms with Crippen LogP contribution in [-0.2, 0) is 33.7 Å². The topological polar surface area (TPSA) is 83.9 Å². The standard InChI is InChI=1S/C29H38FN3O4/c30-22-9-8-21(19-36-18-20-6-7-20)25(16-22)28(29(34)35)33-14-12-24(17-33)37-15-2-1-4-23-10-11-26-27(32-23)5-3-13-31-26/h8-11,16,20,24,28,31H,1-7,12-15,17-19H2,(H,34,35)/t24-,28?/m1/s1. The number of carboxylic acid groups (broad SMARTS) is 1. The molecule has 2 aromatic rings. The number of nitrogens with one attached hydrogen (secondary N) is 1. The zero-order valence-electron chi connectivity index (χ0n) is 21.5. The first-order valence-corrected chi connectivity index (χ1v) is 13.7. The van der Waals surface area contributed by atoms with Crippen molar-refractivity contribution in [3.8, 4) is 0 Å². The minimum atomic E-state index is -0.970. The van der Waals surface area contributed by atoms with E-state index in [4.69, 9.17) is 14.5 Å². The summed E-state index contributed by atoms with van der Waals surface area (Å²) in [7, 11) is 0. The first-order chi connectivity index (χ1) is 18.1. The molecule has 1 saturated heterocycles. The third-order valence-corrected chi connectivity index (χ3v) is 7.60. The lowest BCUT2D eigenvalue weighted by Crippen LogP contribution is -2.34. The van der Waals surface area contributed by atoms with Gasteiger partial charge in [-0.1, -0.05) is 6.07 Å². The van der Waals surface area contributed by atoms with E-state index in [1.807, 2.05) is 4.90 Å². The molecule has 0 radical (unpaired) electrons. The predicted molar refractivity (Wildman–Crippen MR) is 139 cm³/mol. The van der Waals surface area contributed by atoms with Gasteiger partial charge in [0.25, 0.3) is 0 Å². The maximum atomic E-state index is 14.2. The molecule has 2 N–H and O–H groups in total. The number of likely N-dealkylation sites (tertiary alicyclic amines) is 1. The number of anilines is 1. The number of unbranched alkanes of at least 4 members (excludes halogenated alkanes) is 1. The number of aromatic nitrogens is 1. The fraction of sp³-hybridized carbons (Fsp3) is 0.586. The lowest BCUT2D eigenvalue weighted by Gasteiger charge is -2.26. The second-order valence-electron chi connectivity index (χ2n) is 10.6. The number of halogens is 1. The zero-order chi connectivity index (χ0) is 25.6. The number of rotatable bonds is 13. The number of pyridine rings is 1. The molecule has 2 aliphatic heterocycles. The van der Waals surface area contributed by atoms with Crippen molar-refractivity contribution in [2.75, 3.05) is 38.2 Å². The fourth-order valence-electron chi connectivity index (χ4n) is 5.36. The maximum absolute atomic E-state index is 14.2. The van der Waals surface area contributed by atoms with Gasteiger partial charge in [0.05, 0.1) is 24.1 Å². The highest BCUT2D eigenvalue weighted by Crippen LogP contribution is 2.32. The number of fused-ring (bicyclic) bond motifs is 1. The molecule has 1 aromatic carbocycles. The van der Waals surface area contributed by atoms with Crippen LogP contribution in [0, 0.1) is 11.7 Å². The molecule has 200 valence electrons. The third-order valence-electron chi connectivity index (χ3n) is 7.60. The Morgan fingerprint density at radius 3 is 2.95 bits per heavy atom. The van der Waals surface area contributed by atoms with Crippen LogP contribution in [0.15, 0.2) is 30.3 Å². The number of aliphatic carboxylic acids is 1. The summed E-state index contributed by atoms with van der Waals surface area (Å²) in [6.07, 6.45) is 8.16. The van der Waals surface area contributed by atoms with Crippen LogP contribution < -0.4 is 5.32 Å². The number of hydrogen-bond acceptors (Lipinski definition) is 6. The van der Waals surface area contributed by atoms with Crippen molar-refractivity contribution < 1.29 is 23.8 Å². The Kier molecular flexibility index (Phi) is 8.69. The first-order valence-electron chi connectivity index (χ1n) is 13.7. The Morgan fingerprint density at radius 1 is 1.22 bits per heavy atom. The van der Waals surface area contributed by atoms with Gasteiger partial charge in [-0.15, -0.1) is 0 Å². The van der Waals surface area contributed by atoms with Crippen molar-refractivity contribution in [2.45, 2.75) is 70.1 Å². The summed E-state index contributed by atoms with van der Waals surface area (Å²) in [5.41, 5.74) is 4.70. The lowest BCUT2D eigenvalue weighted by molar-refractivity contribution is -0.143. The van der Waals surface area contributed by atoms with E-state index < -0.39 is 17.8 Å². The van der Waals surface area contributed by atoms with Crippen LogP contribution >= 0.6 is 0 Å². The molecule has 0 spiro atoms. The zero-order valence-corrected chi connectivity index (χ0v) is 21.5. The van der Waals surface area contributed by atoms with Gasteiger partial charge in [-0.25, -0.2) is 4.39 Å². The van der Waals surface area contributed by atoms with Gasteiger partial charge in [0, 0.05) is 38.5 Å². The summed E-state index contributed by atoms with van der Waals surface area (Å²) in [4.78, 5) is 19.0. The fourth-order valence-corrected chi connectivity index (χ4v) is 5.36. The molecule has 3 aliphatic rings. The van der Waals surface area contributed by atoms with Gasteiger partial charge in [0.1, 0.15) is 11.9 Å². The Balaban J connectivity index is 1.10. The van der Waals surface area contributed by atoms with E-state index in [0.29, 0.717) is 44.4 Å². The van der Waals surface area contributed by atoms with E-state index in [9.17, 15) is 14.3 Å². The monoisotopic (exact) mass is 511 g/mol. The molecule has 3 heterocycles. The number of carbonyl (C=O) groups is 1. The van der Waals surface area contributed by atoms with Crippen LogP contribution in [0.25, 0.3) is 0 Å². The third kappa shape index (κ3) is 7.06. The Hall–Kier alpha value is -2.55. The summed E-state index contributed by atoms with van der Waals surface area (Å²) in [5.74, 6) is -0.784. The molecular formula is C29H38FN3O4. The second kappa shape index (κ2) is 12.3. The van der Waals surface area contributed by atoms with Gasteiger partial charge in [0.15, 0.2) is 0 Å². The molecule has 0 amide bonds. The minimum absolute atomic E-state index is 0.0158. The van der Waals surface area contributed by atoms with Crippen molar-refractivity contribution >= 4 is 11.7 Å². The smallest absolute Gasteiger partial charge is 0.325 e. The van der Waals surface area contributed by atoms with E-state index >= 15 is 0 Å². The van der Waals surface area contributed by atoms with Crippen LogP contribution in [0.1, 0.15) is 67.1 Å². The summed E-state index contributed by atoms with van der Waals surface area (Å²) < 4.78 is 26.1. The Bertz CT molecular complexity index is 1080. The maximum Gasteiger partial charge on any atom is 0.325 e. The van der Waals surface area contributed by atoms with E-state index in [1.165, 1.54) is 36.4 Å². The van der Waals surface area contributed by atoms with E-state index in [0.717, 1.165) is 56.3 Å². The van der Waals surface area contributed by atoms with E-state index in [2.05, 4.69) is 17.4 Å². The van der Waals surface area contributed by atoms with Crippen molar-refractivity contribution in [3.05, 3.63) is 58.7 Å². The van der Waals surface area contributed by atoms with E-state index in [1.54, 1.807) is 6.07 Å². The van der Waals surface area contributed by atoms with E-state index in [-0.39, 0.29) is 6.10 Å².